The number of carbonyl (C=O) groups excluding carboxylic acids is 2. The van der Waals surface area contributed by atoms with Crippen LogP contribution in [0.5, 0.6) is 0 Å². The molecule has 0 spiro atoms. The summed E-state index contributed by atoms with van der Waals surface area (Å²) in [7, 11) is 1.26. The number of anilines is 1. The van der Waals surface area contributed by atoms with Crippen LogP contribution in [-0.4, -0.2) is 18.9 Å². The molecule has 0 saturated heterocycles. The molecule has 8 heteroatoms. The largest absolute Gasteiger partial charge is 0.416 e. The number of hydrogen-bond donors (Lipinski definition) is 2. The number of rotatable bonds is 3. The fourth-order valence-electron chi connectivity index (χ4n) is 1.34. The van der Waals surface area contributed by atoms with E-state index in [9.17, 15) is 22.8 Å². The van der Waals surface area contributed by atoms with E-state index in [4.69, 9.17) is 5.26 Å². The highest BCUT2D eigenvalue weighted by molar-refractivity contribution is 6.08. The number of nitrogens with zero attached hydrogens (tertiary/aromatic N) is 1. The van der Waals surface area contributed by atoms with Gasteiger partial charge >= 0.3 is 6.18 Å². The molecule has 0 aliphatic rings. The van der Waals surface area contributed by atoms with Crippen LogP contribution in [0.15, 0.2) is 24.3 Å². The first kappa shape index (κ1) is 15.5. The molecule has 0 radical (unpaired) electrons. The molecule has 0 heterocycles. The average molecular weight is 285 g/mol. The number of amides is 2. The van der Waals surface area contributed by atoms with Gasteiger partial charge in [-0.3, -0.25) is 9.59 Å². The van der Waals surface area contributed by atoms with Crippen molar-refractivity contribution in [3.8, 4) is 6.07 Å². The molecule has 2 amide bonds. The first-order valence-electron chi connectivity index (χ1n) is 5.39. The highest BCUT2D eigenvalue weighted by atomic mass is 19.4. The van der Waals surface area contributed by atoms with Crippen LogP contribution in [0.3, 0.4) is 0 Å². The monoisotopic (exact) mass is 285 g/mol. The lowest BCUT2D eigenvalue weighted by atomic mass is 10.1. The number of carbonyl (C=O) groups is 2. The Labute approximate surface area is 112 Å². The molecule has 1 rings (SSSR count). The number of nitriles is 1. The fraction of sp³-hybridized carbons (Fsp3) is 0.250. The minimum Gasteiger partial charge on any atom is -0.358 e. The van der Waals surface area contributed by atoms with Crippen molar-refractivity contribution in [2.75, 3.05) is 12.4 Å². The highest BCUT2D eigenvalue weighted by Gasteiger charge is 2.30. The van der Waals surface area contributed by atoms with Gasteiger partial charge in [0.15, 0.2) is 0 Å². The molecular weight excluding hydrogens is 275 g/mol. The number of halogens is 3. The molecule has 0 aliphatic heterocycles. The molecule has 0 bridgehead atoms. The third-order valence-corrected chi connectivity index (χ3v) is 2.38. The van der Waals surface area contributed by atoms with E-state index in [0.717, 1.165) is 24.3 Å². The summed E-state index contributed by atoms with van der Waals surface area (Å²) < 4.78 is 37.0. The van der Waals surface area contributed by atoms with Crippen LogP contribution >= 0.6 is 0 Å². The molecule has 2 N–H and O–H groups in total. The van der Waals surface area contributed by atoms with Crippen LogP contribution in [0.2, 0.25) is 0 Å². The third kappa shape index (κ3) is 3.71. The van der Waals surface area contributed by atoms with Gasteiger partial charge < -0.3 is 10.6 Å². The van der Waals surface area contributed by atoms with Crippen LogP contribution in [-0.2, 0) is 15.8 Å². The lowest BCUT2D eigenvalue weighted by molar-refractivity contribution is -0.137. The van der Waals surface area contributed by atoms with E-state index in [2.05, 4.69) is 10.6 Å². The summed E-state index contributed by atoms with van der Waals surface area (Å²) >= 11 is 0. The molecule has 0 saturated carbocycles. The first-order chi connectivity index (χ1) is 9.29. The average Bonchev–Trinajstić information content (AvgIpc) is 2.38. The first-order valence-corrected chi connectivity index (χ1v) is 5.39. The second kappa shape index (κ2) is 6.06. The Kier molecular flexibility index (Phi) is 4.69. The third-order valence-electron chi connectivity index (χ3n) is 2.38. The molecule has 1 unspecified atom stereocenters. The van der Waals surface area contributed by atoms with E-state index in [1.54, 1.807) is 0 Å². The SMILES string of the molecule is CNC(=O)C(C#N)C(=O)Nc1ccc(C(F)(F)F)cc1. The number of hydrogen-bond acceptors (Lipinski definition) is 3. The zero-order chi connectivity index (χ0) is 15.3. The second-order valence-corrected chi connectivity index (χ2v) is 3.74. The van der Waals surface area contributed by atoms with Crippen LogP contribution < -0.4 is 10.6 Å². The lowest BCUT2D eigenvalue weighted by Gasteiger charge is -2.10. The molecule has 0 aromatic heterocycles. The van der Waals surface area contributed by atoms with Gasteiger partial charge in [-0.05, 0) is 24.3 Å². The fourth-order valence-corrected chi connectivity index (χ4v) is 1.34. The minimum atomic E-state index is -4.47. The van der Waals surface area contributed by atoms with Crippen LogP contribution in [0.25, 0.3) is 0 Å². The molecule has 106 valence electrons. The van der Waals surface area contributed by atoms with Gasteiger partial charge in [-0.2, -0.15) is 18.4 Å². The van der Waals surface area contributed by atoms with Crippen molar-refractivity contribution < 1.29 is 22.8 Å². The zero-order valence-electron chi connectivity index (χ0n) is 10.3. The number of alkyl halides is 3. The molecule has 0 fully saturated rings. The molecule has 1 aromatic rings. The van der Waals surface area contributed by atoms with Crippen LogP contribution in [0.1, 0.15) is 5.56 Å². The van der Waals surface area contributed by atoms with Crippen molar-refractivity contribution in [2.24, 2.45) is 5.92 Å². The Hall–Kier alpha value is -2.56. The quantitative estimate of drug-likeness (QED) is 0.826. The summed E-state index contributed by atoms with van der Waals surface area (Å²) in [4.78, 5) is 22.8. The maximum Gasteiger partial charge on any atom is 0.416 e. The molecular formula is C12H10F3N3O2. The van der Waals surface area contributed by atoms with Crippen molar-refractivity contribution in [1.82, 2.24) is 5.32 Å². The second-order valence-electron chi connectivity index (χ2n) is 3.74. The highest BCUT2D eigenvalue weighted by Crippen LogP contribution is 2.29. The van der Waals surface area contributed by atoms with Gasteiger partial charge in [0, 0.05) is 12.7 Å². The Balaban J connectivity index is 2.82. The van der Waals surface area contributed by atoms with Gasteiger partial charge in [0.2, 0.25) is 11.8 Å². The standard InChI is InChI=1S/C12H10F3N3O2/c1-17-10(19)9(6-16)11(20)18-8-4-2-7(3-5-8)12(13,14)15/h2-5,9H,1H3,(H,17,19)(H,18,20). The summed E-state index contributed by atoms with van der Waals surface area (Å²) in [6.07, 6.45) is -4.47. The Morgan fingerprint density at radius 3 is 2.15 bits per heavy atom. The maximum absolute atomic E-state index is 12.3. The Morgan fingerprint density at radius 2 is 1.75 bits per heavy atom. The predicted molar refractivity (Wildman–Crippen MR) is 63.2 cm³/mol. The summed E-state index contributed by atoms with van der Waals surface area (Å²) in [5.74, 6) is -3.27. The smallest absolute Gasteiger partial charge is 0.358 e. The van der Waals surface area contributed by atoms with E-state index >= 15 is 0 Å². The summed E-state index contributed by atoms with van der Waals surface area (Å²) in [6.45, 7) is 0. The number of benzene rings is 1. The van der Waals surface area contributed by atoms with Crippen LogP contribution in [0, 0.1) is 17.2 Å². The molecule has 0 aliphatic carbocycles. The van der Waals surface area contributed by atoms with Gasteiger partial charge in [0.1, 0.15) is 0 Å². The molecule has 5 nitrogen and oxygen atoms in total. The number of nitrogens with one attached hydrogen (secondary N) is 2. The van der Waals surface area contributed by atoms with E-state index in [1.807, 2.05) is 0 Å². The van der Waals surface area contributed by atoms with Crippen molar-refractivity contribution >= 4 is 17.5 Å². The topological polar surface area (TPSA) is 82.0 Å². The maximum atomic E-state index is 12.3. The molecule has 20 heavy (non-hydrogen) atoms. The van der Waals surface area contributed by atoms with Crippen molar-refractivity contribution in [2.45, 2.75) is 6.18 Å². The zero-order valence-corrected chi connectivity index (χ0v) is 10.3. The van der Waals surface area contributed by atoms with Gasteiger partial charge in [-0.15, -0.1) is 0 Å². The van der Waals surface area contributed by atoms with Gasteiger partial charge in [-0.25, -0.2) is 0 Å². The van der Waals surface area contributed by atoms with E-state index in [1.165, 1.54) is 13.1 Å². The predicted octanol–water partition coefficient (Wildman–Crippen LogP) is 1.53. The lowest BCUT2D eigenvalue weighted by Crippen LogP contribution is -2.35. The Bertz CT molecular complexity index is 547. The Morgan fingerprint density at radius 1 is 1.20 bits per heavy atom. The van der Waals surface area contributed by atoms with E-state index in [0.29, 0.717) is 0 Å². The van der Waals surface area contributed by atoms with Crippen molar-refractivity contribution in [3.05, 3.63) is 29.8 Å². The minimum absolute atomic E-state index is 0.0622. The van der Waals surface area contributed by atoms with Gasteiger partial charge in [-0.1, -0.05) is 0 Å². The van der Waals surface area contributed by atoms with Gasteiger partial charge in [0.25, 0.3) is 5.91 Å². The van der Waals surface area contributed by atoms with Crippen molar-refractivity contribution in [3.63, 3.8) is 0 Å². The van der Waals surface area contributed by atoms with Crippen molar-refractivity contribution in [1.29, 1.82) is 5.26 Å². The molecule has 1 atom stereocenters. The summed E-state index contributed by atoms with van der Waals surface area (Å²) in [6, 6.07) is 5.16. The summed E-state index contributed by atoms with van der Waals surface area (Å²) in [5, 5.41) is 13.0. The van der Waals surface area contributed by atoms with Crippen LogP contribution in [0.4, 0.5) is 18.9 Å². The van der Waals surface area contributed by atoms with E-state index in [-0.39, 0.29) is 5.69 Å². The molecule has 1 aromatic carbocycles. The summed E-state index contributed by atoms with van der Waals surface area (Å²) in [5.41, 5.74) is -0.800. The van der Waals surface area contributed by atoms with Gasteiger partial charge in [0.05, 0.1) is 11.6 Å². The van der Waals surface area contributed by atoms with E-state index < -0.39 is 29.5 Å². The normalized spacial score (nSPS) is 12.2.